The summed E-state index contributed by atoms with van der Waals surface area (Å²) in [7, 11) is 0. The van der Waals surface area contributed by atoms with Crippen molar-refractivity contribution < 1.29 is 38.3 Å². The minimum absolute atomic E-state index is 0.0169. The fourth-order valence-electron chi connectivity index (χ4n) is 4.89. The van der Waals surface area contributed by atoms with Gasteiger partial charge < -0.3 is 20.1 Å². The lowest BCUT2D eigenvalue weighted by Gasteiger charge is -2.38. The van der Waals surface area contributed by atoms with Crippen molar-refractivity contribution >= 4 is 33.6 Å². The number of ether oxygens (including phenoxy) is 1. The molecule has 0 radical (unpaired) electrons. The molecule has 9 heteroatoms. The van der Waals surface area contributed by atoms with Crippen LogP contribution >= 0.6 is 16.3 Å². The highest BCUT2D eigenvalue weighted by Gasteiger charge is 2.76. The van der Waals surface area contributed by atoms with Gasteiger partial charge in [0.2, 0.25) is 29.1 Å². The summed E-state index contributed by atoms with van der Waals surface area (Å²) in [6.07, 6.45) is -6.01. The first kappa shape index (κ1) is 28.0. The number of hydrogen-bond donors (Lipinski definition) is 3. The smallest absolute Gasteiger partial charge is 0.219 e. The van der Waals surface area contributed by atoms with E-state index in [1.165, 1.54) is 18.2 Å². The fraction of sp³-hybridized carbons (Fsp3) is 0.276. The normalized spacial score (nSPS) is 25.7. The Bertz CT molecular complexity index is 1400. The molecule has 8 nitrogen and oxygen atoms in total. The summed E-state index contributed by atoms with van der Waals surface area (Å²) in [5.74, 6) is -3.36. The second-order valence-corrected chi connectivity index (χ2v) is 9.79. The van der Waals surface area contributed by atoms with Crippen LogP contribution in [0.4, 0.5) is 0 Å². The van der Waals surface area contributed by atoms with Gasteiger partial charge in [0.1, 0.15) is 22.4 Å². The number of hydrogen-bond acceptors (Lipinski definition) is 8. The van der Waals surface area contributed by atoms with Crippen LogP contribution in [-0.4, -0.2) is 56.3 Å². The Labute approximate surface area is 228 Å². The summed E-state index contributed by atoms with van der Waals surface area (Å²) in [6, 6.07) is 19.0. The van der Waals surface area contributed by atoms with Gasteiger partial charge in [-0.3, -0.25) is 18.2 Å². The number of carbonyl (C=O) groups excluding carboxylic acids is 3. The monoisotopic (exact) mass is 582 g/mol. The predicted octanol–water partition coefficient (Wildman–Crippen LogP) is 3.49. The van der Waals surface area contributed by atoms with Gasteiger partial charge in [0.15, 0.2) is 11.9 Å². The first-order chi connectivity index (χ1) is 18.0. The van der Waals surface area contributed by atoms with Gasteiger partial charge in [0.25, 0.3) is 0 Å². The van der Waals surface area contributed by atoms with E-state index < -0.39 is 47.0 Å². The van der Waals surface area contributed by atoms with E-state index in [1.54, 1.807) is 75.4 Å². The van der Waals surface area contributed by atoms with E-state index >= 15 is 0 Å². The van der Waals surface area contributed by atoms with Gasteiger partial charge in [-0.25, -0.2) is 0 Å². The molecule has 38 heavy (non-hydrogen) atoms. The van der Waals surface area contributed by atoms with Crippen LogP contribution in [-0.2, 0) is 13.4 Å². The molecule has 1 heterocycles. The summed E-state index contributed by atoms with van der Waals surface area (Å²) >= 11 is 2.72. The van der Waals surface area contributed by atoms with Crippen molar-refractivity contribution in [2.24, 2.45) is 0 Å². The Morgan fingerprint density at radius 1 is 0.789 bits per heavy atom. The molecule has 1 aliphatic heterocycles. The van der Waals surface area contributed by atoms with Crippen LogP contribution in [0.5, 0.6) is 0 Å². The Morgan fingerprint density at radius 2 is 1.24 bits per heavy atom. The zero-order valence-electron chi connectivity index (χ0n) is 20.9. The van der Waals surface area contributed by atoms with Crippen molar-refractivity contribution in [3.8, 4) is 0 Å². The lowest BCUT2D eigenvalue weighted by atomic mass is 9.69. The molecule has 198 valence electrons. The second kappa shape index (κ2) is 10.6. The molecule has 0 bridgehead atoms. The number of benzene rings is 3. The molecule has 0 aromatic heterocycles. The molecule has 3 aromatic carbocycles. The van der Waals surface area contributed by atoms with Crippen LogP contribution in [0.3, 0.4) is 0 Å². The zero-order valence-corrected chi connectivity index (χ0v) is 22.5. The van der Waals surface area contributed by atoms with Crippen molar-refractivity contribution in [2.75, 3.05) is 0 Å². The topological polar surface area (TPSA) is 130 Å². The van der Waals surface area contributed by atoms with E-state index in [0.717, 1.165) is 0 Å². The summed E-state index contributed by atoms with van der Waals surface area (Å²) in [6.45, 7) is 4.89. The number of carbonyl (C=O) groups is 3. The van der Waals surface area contributed by atoms with Crippen LogP contribution in [0.2, 0.25) is 0 Å². The maximum Gasteiger partial charge on any atom is 0.219 e. The molecule has 3 N–H and O–H groups in total. The van der Waals surface area contributed by atoms with E-state index in [9.17, 15) is 29.7 Å². The number of rotatable bonds is 8. The molecule has 1 fully saturated rings. The average molecular weight is 583 g/mol. The van der Waals surface area contributed by atoms with Crippen molar-refractivity contribution in [2.45, 2.75) is 50.5 Å². The van der Waals surface area contributed by atoms with Crippen molar-refractivity contribution in [1.82, 2.24) is 0 Å². The zero-order chi connectivity index (χ0) is 27.8. The number of aliphatic hydroxyl groups excluding tert-OH is 1. The molecule has 0 spiro atoms. The van der Waals surface area contributed by atoms with E-state index in [4.69, 9.17) is 8.57 Å². The molecular weight excluding hydrogens is 556 g/mol. The number of halogens is 1. The molecule has 1 aliphatic rings. The number of Topliss-reactive ketones (excluding diaryl/α,β-unsaturated/α-hetero) is 3. The molecule has 0 saturated carbocycles. The number of ketones is 3. The Balaban J connectivity index is 1.94. The van der Waals surface area contributed by atoms with Crippen LogP contribution < -0.4 is 0 Å². The van der Waals surface area contributed by atoms with Crippen molar-refractivity contribution in [1.29, 1.82) is 0 Å². The summed E-state index contributed by atoms with van der Waals surface area (Å²) in [4.78, 5) is 41.8. The highest BCUT2D eigenvalue weighted by molar-refractivity contribution is 9.06. The summed E-state index contributed by atoms with van der Waals surface area (Å²) in [5.41, 5.74) is -4.69. The predicted molar refractivity (Wildman–Crippen MR) is 141 cm³/mol. The third-order valence-electron chi connectivity index (χ3n) is 7.12. The molecule has 3 aromatic rings. The maximum atomic E-state index is 14.1. The van der Waals surface area contributed by atoms with Gasteiger partial charge in [-0.15, -0.1) is 0 Å². The molecular formula is C29H27BrO8. The maximum absolute atomic E-state index is 14.1. The van der Waals surface area contributed by atoms with Crippen LogP contribution in [0, 0.1) is 20.8 Å². The highest BCUT2D eigenvalue weighted by atomic mass is 79.9. The van der Waals surface area contributed by atoms with Crippen LogP contribution in [0.15, 0.2) is 72.8 Å². The summed E-state index contributed by atoms with van der Waals surface area (Å²) in [5, 5.41) is 35.3. The number of aliphatic hydroxyl groups is 3. The molecule has 5 atom stereocenters. The standard InChI is InChI=1S/C29H27BrO8/c1-16-10-4-7-13-19(16)22(31)23(32)26-28(35,24(33)20-14-8-5-11-17(20)2)29(36,27(37-26)38-30)25(34)21-15-9-6-12-18(21)3/h4-15,22,26-27,31,35-36H,1-3H3/t22?,26-,27-,28-,29-/m0/s1. The van der Waals surface area contributed by atoms with Crippen molar-refractivity contribution in [3.63, 3.8) is 0 Å². The first-order valence-corrected chi connectivity index (χ1v) is 12.5. The van der Waals surface area contributed by atoms with Crippen LogP contribution in [0.25, 0.3) is 0 Å². The molecule has 0 amide bonds. The van der Waals surface area contributed by atoms with E-state index in [2.05, 4.69) is 16.3 Å². The minimum atomic E-state index is -3.18. The van der Waals surface area contributed by atoms with Gasteiger partial charge in [-0.2, -0.15) is 0 Å². The SMILES string of the molecule is Cc1ccccc1C(=O)[C@]1(O)[C@H](OBr)O[C@@H](C(=O)C(O)c2ccccc2C)[C@@]1(O)C(=O)c1ccccc1C. The van der Waals surface area contributed by atoms with Gasteiger partial charge in [-0.05, 0) is 43.0 Å². The summed E-state index contributed by atoms with van der Waals surface area (Å²) < 4.78 is 10.7. The third-order valence-corrected chi connectivity index (χ3v) is 7.46. The third kappa shape index (κ3) is 4.25. The molecule has 1 unspecified atom stereocenters. The lowest BCUT2D eigenvalue weighted by Crippen LogP contribution is -2.69. The van der Waals surface area contributed by atoms with Crippen LogP contribution in [0.1, 0.15) is 49.1 Å². The Kier molecular flexibility index (Phi) is 7.81. The molecule has 1 saturated heterocycles. The largest absolute Gasteiger partial charge is 0.380 e. The highest BCUT2D eigenvalue weighted by Crippen LogP contribution is 2.47. The van der Waals surface area contributed by atoms with E-state index in [1.807, 2.05) is 0 Å². The van der Waals surface area contributed by atoms with E-state index in [-0.39, 0.29) is 16.7 Å². The Morgan fingerprint density at radius 3 is 1.71 bits per heavy atom. The second-order valence-electron chi connectivity index (χ2n) is 9.42. The minimum Gasteiger partial charge on any atom is -0.380 e. The number of aryl methyl sites for hydroxylation is 3. The van der Waals surface area contributed by atoms with E-state index in [0.29, 0.717) is 16.7 Å². The van der Waals surface area contributed by atoms with Crippen molar-refractivity contribution in [3.05, 3.63) is 106 Å². The van der Waals surface area contributed by atoms with Gasteiger partial charge in [0, 0.05) is 11.1 Å². The van der Waals surface area contributed by atoms with Gasteiger partial charge in [-0.1, -0.05) is 72.8 Å². The van der Waals surface area contributed by atoms with Gasteiger partial charge >= 0.3 is 0 Å². The Hall–Kier alpha value is -3.05. The van der Waals surface area contributed by atoms with Gasteiger partial charge in [0.05, 0.1) is 0 Å². The first-order valence-electron chi connectivity index (χ1n) is 11.9. The molecule has 4 rings (SSSR count). The lowest BCUT2D eigenvalue weighted by molar-refractivity contribution is -0.152. The average Bonchev–Trinajstić information content (AvgIpc) is 3.16. The fourth-order valence-corrected chi connectivity index (χ4v) is 5.25. The quantitative estimate of drug-likeness (QED) is 0.344. The molecule has 0 aliphatic carbocycles.